The van der Waals surface area contributed by atoms with E-state index in [1.165, 1.54) is 23.9 Å². The molecule has 2 aromatic carbocycles. The highest BCUT2D eigenvalue weighted by atomic mass is 32.2. The van der Waals surface area contributed by atoms with Crippen LogP contribution >= 0.6 is 11.8 Å². The number of carbonyl (C=O) groups excluding carboxylic acids is 1. The van der Waals surface area contributed by atoms with Crippen LogP contribution in [-0.2, 0) is 0 Å². The molecule has 0 aliphatic heterocycles. The van der Waals surface area contributed by atoms with Crippen LogP contribution in [0, 0.1) is 20.8 Å². The van der Waals surface area contributed by atoms with E-state index in [0.29, 0.717) is 11.1 Å². The molecular weight excluding hydrogens is 398 g/mol. The van der Waals surface area contributed by atoms with Crippen molar-refractivity contribution in [2.24, 2.45) is 0 Å². The maximum absolute atomic E-state index is 12.8. The van der Waals surface area contributed by atoms with Gasteiger partial charge in [0.2, 0.25) is 5.89 Å². The molecule has 0 saturated heterocycles. The van der Waals surface area contributed by atoms with Gasteiger partial charge in [0.1, 0.15) is 5.75 Å². The molecule has 152 valence electrons. The maximum atomic E-state index is 12.8. The summed E-state index contributed by atoms with van der Waals surface area (Å²) in [6.07, 6.45) is 0. The summed E-state index contributed by atoms with van der Waals surface area (Å²) in [6.45, 7) is 4.82. The number of carbonyl (C=O) groups is 1. The summed E-state index contributed by atoms with van der Waals surface area (Å²) in [4.78, 5) is 12.8. The Bertz CT molecular complexity index is 1020. The van der Waals surface area contributed by atoms with Crippen LogP contribution in [-0.4, -0.2) is 27.8 Å². The zero-order valence-corrected chi connectivity index (χ0v) is 17.2. The van der Waals surface area contributed by atoms with Gasteiger partial charge in [0.15, 0.2) is 5.78 Å². The Kier molecular flexibility index (Phi) is 6.32. The third-order valence-electron chi connectivity index (χ3n) is 4.49. The maximum Gasteiger partial charge on any atom is 0.387 e. The third-order valence-corrected chi connectivity index (χ3v) is 5.42. The van der Waals surface area contributed by atoms with E-state index in [2.05, 4.69) is 14.9 Å². The van der Waals surface area contributed by atoms with E-state index < -0.39 is 11.9 Å². The predicted octanol–water partition coefficient (Wildman–Crippen LogP) is 5.63. The number of halogens is 2. The molecule has 1 heterocycles. The van der Waals surface area contributed by atoms with Gasteiger partial charge in [-0.3, -0.25) is 4.79 Å². The Morgan fingerprint density at radius 3 is 2.34 bits per heavy atom. The molecule has 0 saturated carbocycles. The van der Waals surface area contributed by atoms with Gasteiger partial charge in [0, 0.05) is 11.1 Å². The summed E-state index contributed by atoms with van der Waals surface area (Å²) >= 11 is 1.18. The largest absolute Gasteiger partial charge is 0.435 e. The second-order valence-electron chi connectivity index (χ2n) is 6.65. The van der Waals surface area contributed by atoms with Gasteiger partial charge >= 0.3 is 6.61 Å². The number of aryl methyl sites for hydroxylation is 3. The normalized spacial score (nSPS) is 12.2. The highest BCUT2D eigenvalue weighted by Crippen LogP contribution is 2.29. The van der Waals surface area contributed by atoms with E-state index in [1.54, 1.807) is 19.1 Å². The Balaban J connectivity index is 1.71. The number of alkyl halides is 2. The molecule has 0 N–H and O–H groups in total. The molecule has 0 aliphatic rings. The van der Waals surface area contributed by atoms with Crippen molar-refractivity contribution in [2.75, 3.05) is 0 Å². The summed E-state index contributed by atoms with van der Waals surface area (Å²) in [5, 5.41) is 7.79. The molecule has 0 amide bonds. The van der Waals surface area contributed by atoms with Crippen LogP contribution in [0.5, 0.6) is 5.75 Å². The molecule has 0 aliphatic carbocycles. The van der Waals surface area contributed by atoms with Crippen LogP contribution < -0.4 is 4.74 Å². The number of thioether (sulfide) groups is 1. The first-order chi connectivity index (χ1) is 13.7. The molecule has 1 atom stereocenters. The lowest BCUT2D eigenvalue weighted by atomic mass is 9.97. The second kappa shape index (κ2) is 8.73. The predicted molar refractivity (Wildman–Crippen MR) is 107 cm³/mol. The topological polar surface area (TPSA) is 65.2 Å². The van der Waals surface area contributed by atoms with E-state index in [9.17, 15) is 13.6 Å². The third kappa shape index (κ3) is 5.00. The van der Waals surface area contributed by atoms with Gasteiger partial charge in [-0.05, 0) is 74.7 Å². The minimum atomic E-state index is -2.88. The summed E-state index contributed by atoms with van der Waals surface area (Å²) in [5.41, 5.74) is 4.39. The molecular formula is C21H20F2N2O3S. The Morgan fingerprint density at radius 2 is 1.69 bits per heavy atom. The number of nitrogens with zero attached hydrogens (tertiary/aromatic N) is 2. The Labute approximate surface area is 171 Å². The van der Waals surface area contributed by atoms with Gasteiger partial charge in [0.05, 0.1) is 5.25 Å². The minimum Gasteiger partial charge on any atom is -0.435 e. The number of rotatable bonds is 7. The number of Topliss-reactive ketones (excluding diaryl/α,β-unsaturated/α-hetero) is 1. The molecule has 3 aromatic rings. The first-order valence-corrected chi connectivity index (χ1v) is 9.80. The van der Waals surface area contributed by atoms with Crippen LogP contribution in [0.1, 0.15) is 34.0 Å². The SMILES string of the molecule is Cc1cc(C)c(C(=O)C(C)Sc2nnc(-c3ccc(OC(F)F)cc3)o2)cc1C. The molecule has 5 nitrogen and oxygen atoms in total. The molecule has 1 unspecified atom stereocenters. The number of ether oxygens (including phenoxy) is 1. The van der Waals surface area contributed by atoms with Crippen LogP contribution in [0.4, 0.5) is 8.78 Å². The van der Waals surface area contributed by atoms with E-state index >= 15 is 0 Å². The smallest absolute Gasteiger partial charge is 0.387 e. The quantitative estimate of drug-likeness (QED) is 0.366. The van der Waals surface area contributed by atoms with Crippen molar-refractivity contribution in [3.05, 3.63) is 58.7 Å². The van der Waals surface area contributed by atoms with Crippen LogP contribution in [0.15, 0.2) is 46.0 Å². The van der Waals surface area contributed by atoms with Gasteiger partial charge in [-0.1, -0.05) is 17.8 Å². The molecule has 3 rings (SSSR count). The first-order valence-electron chi connectivity index (χ1n) is 8.92. The highest BCUT2D eigenvalue weighted by Gasteiger charge is 2.22. The number of hydrogen-bond donors (Lipinski definition) is 0. The molecule has 29 heavy (non-hydrogen) atoms. The molecule has 0 fully saturated rings. The van der Waals surface area contributed by atoms with Crippen molar-refractivity contribution < 1.29 is 22.7 Å². The number of hydrogen-bond acceptors (Lipinski definition) is 6. The van der Waals surface area contributed by atoms with E-state index in [4.69, 9.17) is 4.42 Å². The van der Waals surface area contributed by atoms with Crippen molar-refractivity contribution in [3.63, 3.8) is 0 Å². The highest BCUT2D eigenvalue weighted by molar-refractivity contribution is 8.00. The number of aromatic nitrogens is 2. The summed E-state index contributed by atoms with van der Waals surface area (Å²) in [5.74, 6) is 0.266. The summed E-state index contributed by atoms with van der Waals surface area (Å²) < 4.78 is 34.4. The van der Waals surface area contributed by atoms with E-state index in [0.717, 1.165) is 16.7 Å². The van der Waals surface area contributed by atoms with Gasteiger partial charge < -0.3 is 9.15 Å². The van der Waals surface area contributed by atoms with Gasteiger partial charge in [-0.25, -0.2) is 0 Å². The van der Waals surface area contributed by atoms with Gasteiger partial charge in [0.25, 0.3) is 5.22 Å². The number of ketones is 1. The van der Waals surface area contributed by atoms with Crippen LogP contribution in [0.3, 0.4) is 0 Å². The van der Waals surface area contributed by atoms with E-state index in [-0.39, 0.29) is 22.6 Å². The fourth-order valence-electron chi connectivity index (χ4n) is 2.80. The molecule has 1 aromatic heterocycles. The minimum absolute atomic E-state index is 0.0103. The van der Waals surface area contributed by atoms with E-state index in [1.807, 2.05) is 32.9 Å². The monoisotopic (exact) mass is 418 g/mol. The zero-order chi connectivity index (χ0) is 21.1. The molecule has 0 radical (unpaired) electrons. The summed E-state index contributed by atoms with van der Waals surface area (Å²) in [6, 6.07) is 9.80. The molecule has 8 heteroatoms. The standard InChI is InChI=1S/C21H20F2N2O3S/c1-11-9-13(3)17(10-12(11)2)18(26)14(4)29-21-25-24-19(28-21)15-5-7-16(8-6-15)27-20(22)23/h5-10,14,20H,1-4H3. The van der Waals surface area contributed by atoms with Gasteiger partial charge in [-0.15, -0.1) is 10.2 Å². The second-order valence-corrected chi connectivity index (χ2v) is 7.94. The Hall–Kier alpha value is -2.74. The van der Waals surface area contributed by atoms with Gasteiger partial charge in [-0.2, -0.15) is 8.78 Å². The average molecular weight is 418 g/mol. The average Bonchev–Trinajstić information content (AvgIpc) is 3.12. The lowest BCUT2D eigenvalue weighted by Gasteiger charge is -2.12. The fraction of sp³-hybridized carbons (Fsp3) is 0.286. The first kappa shape index (κ1) is 21.0. The fourth-order valence-corrected chi connectivity index (χ4v) is 3.55. The van der Waals surface area contributed by atoms with Crippen molar-refractivity contribution in [3.8, 4) is 17.2 Å². The van der Waals surface area contributed by atoms with Crippen molar-refractivity contribution in [1.29, 1.82) is 0 Å². The Morgan fingerprint density at radius 1 is 1.03 bits per heavy atom. The van der Waals surface area contributed by atoms with Crippen LogP contribution in [0.25, 0.3) is 11.5 Å². The number of benzene rings is 2. The molecule has 0 bridgehead atoms. The lowest BCUT2D eigenvalue weighted by molar-refractivity contribution is -0.0498. The van der Waals surface area contributed by atoms with Crippen LogP contribution in [0.2, 0.25) is 0 Å². The van der Waals surface area contributed by atoms with Crippen molar-refractivity contribution >= 4 is 17.5 Å². The zero-order valence-electron chi connectivity index (χ0n) is 16.4. The lowest BCUT2D eigenvalue weighted by Crippen LogP contribution is -2.15. The van der Waals surface area contributed by atoms with Crippen molar-refractivity contribution in [2.45, 2.75) is 44.8 Å². The summed E-state index contributed by atoms with van der Waals surface area (Å²) in [7, 11) is 0. The van der Waals surface area contributed by atoms with Crippen molar-refractivity contribution in [1.82, 2.24) is 10.2 Å². The molecule has 0 spiro atoms.